The molecule has 1 aromatic rings. The molecule has 72 valence electrons. The molecule has 13 heavy (non-hydrogen) atoms. The molecule has 0 aliphatic rings. The Morgan fingerprint density at radius 2 is 1.54 bits per heavy atom. The Morgan fingerprint density at radius 3 is 1.92 bits per heavy atom. The monoisotopic (exact) mass is 238 g/mol. The van der Waals surface area contributed by atoms with E-state index < -0.39 is 9.05 Å². The lowest BCUT2D eigenvalue weighted by Gasteiger charge is -1.98. The van der Waals surface area contributed by atoms with E-state index in [-0.39, 0.29) is 5.75 Å². The second-order valence-corrected chi connectivity index (χ2v) is 5.68. The molecule has 0 heterocycles. The molecule has 5 heteroatoms. The molecule has 0 aliphatic heterocycles. The summed E-state index contributed by atoms with van der Waals surface area (Å²) in [6.07, 6.45) is 0. The Kier molecular flexibility index (Phi) is 3.59. The summed E-state index contributed by atoms with van der Waals surface area (Å²) in [5.74, 6) is 0.283. The van der Waals surface area contributed by atoms with Gasteiger partial charge >= 0.3 is 0 Å². The fourth-order valence-corrected chi connectivity index (χ4v) is 2.07. The lowest BCUT2D eigenvalue weighted by atomic mass is 10.2. The second kappa shape index (κ2) is 4.31. The highest BCUT2D eigenvalue weighted by Crippen LogP contribution is 2.11. The molecule has 0 saturated heterocycles. The van der Waals surface area contributed by atoms with E-state index in [0.717, 1.165) is 5.56 Å². The van der Waals surface area contributed by atoms with Crippen molar-refractivity contribution in [1.29, 1.82) is 0 Å². The van der Waals surface area contributed by atoms with E-state index in [2.05, 4.69) is 0 Å². The standard InChI is InChI=1S/C8H8Cl2O2S/c9-5-7-1-3-8(4-2-7)6-13(10,11)12/h1-4H,5-6H2. The van der Waals surface area contributed by atoms with E-state index in [9.17, 15) is 8.42 Å². The predicted molar refractivity (Wildman–Crippen MR) is 54.5 cm³/mol. The van der Waals surface area contributed by atoms with Gasteiger partial charge in [-0.1, -0.05) is 24.3 Å². The molecular weight excluding hydrogens is 231 g/mol. The first kappa shape index (κ1) is 10.8. The highest BCUT2D eigenvalue weighted by Gasteiger charge is 2.06. The van der Waals surface area contributed by atoms with Gasteiger partial charge in [-0.3, -0.25) is 0 Å². The maximum Gasteiger partial charge on any atom is 0.236 e. The van der Waals surface area contributed by atoms with Crippen molar-refractivity contribution in [1.82, 2.24) is 0 Å². The summed E-state index contributed by atoms with van der Waals surface area (Å²) in [5, 5.41) is 0. The third kappa shape index (κ3) is 3.98. The van der Waals surface area contributed by atoms with Crippen molar-refractivity contribution in [2.75, 3.05) is 0 Å². The highest BCUT2D eigenvalue weighted by molar-refractivity contribution is 8.13. The third-order valence-corrected chi connectivity index (χ3v) is 2.83. The zero-order valence-electron chi connectivity index (χ0n) is 6.70. The first-order chi connectivity index (χ1) is 6.01. The van der Waals surface area contributed by atoms with Gasteiger partial charge in [0.15, 0.2) is 0 Å². The number of rotatable bonds is 3. The minimum Gasteiger partial charge on any atom is -0.212 e. The van der Waals surface area contributed by atoms with E-state index in [1.165, 1.54) is 0 Å². The molecule has 0 aromatic heterocycles. The van der Waals surface area contributed by atoms with Crippen LogP contribution >= 0.6 is 22.3 Å². The molecule has 2 nitrogen and oxygen atoms in total. The highest BCUT2D eigenvalue weighted by atomic mass is 35.7. The molecular formula is C8H8Cl2O2S. The minimum absolute atomic E-state index is 0.142. The summed E-state index contributed by atoms with van der Waals surface area (Å²) in [4.78, 5) is 0. The predicted octanol–water partition coefficient (Wildman–Crippen LogP) is 2.49. The molecule has 0 unspecified atom stereocenters. The number of alkyl halides is 1. The summed E-state index contributed by atoms with van der Waals surface area (Å²) < 4.78 is 21.4. The van der Waals surface area contributed by atoms with Gasteiger partial charge in [0.25, 0.3) is 0 Å². The zero-order valence-corrected chi connectivity index (χ0v) is 9.03. The summed E-state index contributed by atoms with van der Waals surface area (Å²) in [6.45, 7) is 0. The average molecular weight is 239 g/mol. The molecule has 0 amide bonds. The Hall–Kier alpha value is -0.250. The third-order valence-electron chi connectivity index (χ3n) is 1.52. The number of hydrogen-bond acceptors (Lipinski definition) is 2. The molecule has 0 fully saturated rings. The Labute approximate surface area is 86.9 Å². The van der Waals surface area contributed by atoms with Crippen LogP contribution in [0.5, 0.6) is 0 Å². The van der Waals surface area contributed by atoms with Gasteiger partial charge in [0.2, 0.25) is 9.05 Å². The first-order valence-electron chi connectivity index (χ1n) is 3.57. The van der Waals surface area contributed by atoms with Crippen LogP contribution in [0.2, 0.25) is 0 Å². The van der Waals surface area contributed by atoms with Gasteiger partial charge in [-0.25, -0.2) is 8.42 Å². The van der Waals surface area contributed by atoms with E-state index in [0.29, 0.717) is 11.4 Å². The average Bonchev–Trinajstić information content (AvgIpc) is 2.03. The summed E-state index contributed by atoms with van der Waals surface area (Å²) in [5.41, 5.74) is 1.63. The molecule has 0 aliphatic carbocycles. The van der Waals surface area contributed by atoms with Crippen LogP contribution in [0.25, 0.3) is 0 Å². The molecule has 0 spiro atoms. The van der Waals surface area contributed by atoms with Gasteiger partial charge in [0, 0.05) is 16.6 Å². The van der Waals surface area contributed by atoms with E-state index in [1.807, 2.05) is 0 Å². The smallest absolute Gasteiger partial charge is 0.212 e. The molecule has 0 radical (unpaired) electrons. The number of hydrogen-bond donors (Lipinski definition) is 0. The maximum atomic E-state index is 10.7. The largest absolute Gasteiger partial charge is 0.236 e. The SMILES string of the molecule is O=S(=O)(Cl)Cc1ccc(CCl)cc1. The summed E-state index contributed by atoms with van der Waals surface area (Å²) in [7, 11) is 1.63. The van der Waals surface area contributed by atoms with Gasteiger partial charge in [-0.2, -0.15) is 0 Å². The molecule has 0 saturated carbocycles. The van der Waals surface area contributed by atoms with Crippen LogP contribution in [0.3, 0.4) is 0 Å². The van der Waals surface area contributed by atoms with Crippen molar-refractivity contribution in [2.45, 2.75) is 11.6 Å². The Morgan fingerprint density at radius 1 is 1.08 bits per heavy atom. The number of halogens is 2. The van der Waals surface area contributed by atoms with Gasteiger partial charge in [-0.05, 0) is 11.1 Å². The van der Waals surface area contributed by atoms with Crippen LogP contribution in [0.15, 0.2) is 24.3 Å². The zero-order chi connectivity index (χ0) is 9.90. The fourth-order valence-electron chi connectivity index (χ4n) is 0.924. The van der Waals surface area contributed by atoms with Crippen LogP contribution in [0.4, 0.5) is 0 Å². The van der Waals surface area contributed by atoms with Gasteiger partial charge in [-0.15, -0.1) is 11.6 Å². The molecule has 0 atom stereocenters. The normalized spacial score (nSPS) is 11.5. The van der Waals surface area contributed by atoms with Crippen molar-refractivity contribution < 1.29 is 8.42 Å². The lowest BCUT2D eigenvalue weighted by Crippen LogP contribution is -1.94. The van der Waals surface area contributed by atoms with Gasteiger partial charge < -0.3 is 0 Å². The van der Waals surface area contributed by atoms with E-state index >= 15 is 0 Å². The Bertz CT molecular complexity index is 370. The Balaban J connectivity index is 2.81. The van der Waals surface area contributed by atoms with E-state index in [4.69, 9.17) is 22.3 Å². The summed E-state index contributed by atoms with van der Waals surface area (Å²) in [6, 6.07) is 6.98. The van der Waals surface area contributed by atoms with Crippen molar-refractivity contribution >= 4 is 31.3 Å². The van der Waals surface area contributed by atoms with Gasteiger partial charge in [0.05, 0.1) is 5.75 Å². The number of benzene rings is 1. The lowest BCUT2D eigenvalue weighted by molar-refractivity contribution is 0.609. The van der Waals surface area contributed by atoms with Crippen molar-refractivity contribution in [3.05, 3.63) is 35.4 Å². The van der Waals surface area contributed by atoms with Crippen LogP contribution in [0, 0.1) is 0 Å². The fraction of sp³-hybridized carbons (Fsp3) is 0.250. The van der Waals surface area contributed by atoms with E-state index in [1.54, 1.807) is 24.3 Å². The quantitative estimate of drug-likeness (QED) is 0.599. The maximum absolute atomic E-state index is 10.7. The van der Waals surface area contributed by atoms with Crippen LogP contribution in [-0.2, 0) is 20.7 Å². The van der Waals surface area contributed by atoms with Gasteiger partial charge in [0.1, 0.15) is 0 Å². The van der Waals surface area contributed by atoms with Crippen LogP contribution in [0.1, 0.15) is 11.1 Å². The topological polar surface area (TPSA) is 34.1 Å². The summed E-state index contributed by atoms with van der Waals surface area (Å²) >= 11 is 5.57. The van der Waals surface area contributed by atoms with Crippen LogP contribution < -0.4 is 0 Å². The molecule has 0 bridgehead atoms. The first-order valence-corrected chi connectivity index (χ1v) is 6.59. The van der Waals surface area contributed by atoms with Crippen molar-refractivity contribution in [2.24, 2.45) is 0 Å². The minimum atomic E-state index is -3.46. The van der Waals surface area contributed by atoms with Crippen molar-refractivity contribution in [3.8, 4) is 0 Å². The molecule has 1 aromatic carbocycles. The van der Waals surface area contributed by atoms with Crippen LogP contribution in [-0.4, -0.2) is 8.42 Å². The molecule has 0 N–H and O–H groups in total. The molecule has 1 rings (SSSR count). The van der Waals surface area contributed by atoms with Crippen molar-refractivity contribution in [3.63, 3.8) is 0 Å². The second-order valence-electron chi connectivity index (χ2n) is 2.63.